The average molecular weight is 302 g/mol. The molecule has 3 rings (SSSR count). The Balaban J connectivity index is 1.74. The van der Waals surface area contributed by atoms with E-state index >= 15 is 0 Å². The molecule has 7 nitrogen and oxygen atoms in total. The Labute approximate surface area is 128 Å². The van der Waals surface area contributed by atoms with Crippen LogP contribution in [0.15, 0.2) is 12.8 Å². The fourth-order valence-electron chi connectivity index (χ4n) is 3.26. The first-order valence-corrected chi connectivity index (χ1v) is 7.25. The molecule has 1 N–H and O–H groups in total. The third kappa shape index (κ3) is 2.13. The van der Waals surface area contributed by atoms with Gasteiger partial charge in [-0.2, -0.15) is 5.10 Å². The van der Waals surface area contributed by atoms with Crippen molar-refractivity contribution in [2.45, 2.75) is 19.3 Å². The number of likely N-dealkylation sites (tertiary alicyclic amines) is 1. The van der Waals surface area contributed by atoms with E-state index in [4.69, 9.17) is 0 Å². The maximum atomic E-state index is 12.6. The number of aromatic nitrogens is 2. The summed E-state index contributed by atoms with van der Waals surface area (Å²) in [5.41, 5.74) is 0.573. The van der Waals surface area contributed by atoms with Gasteiger partial charge in [0.25, 0.3) is 5.91 Å². The van der Waals surface area contributed by atoms with Gasteiger partial charge in [0.2, 0.25) is 11.8 Å². The molecule has 3 heterocycles. The highest BCUT2D eigenvalue weighted by atomic mass is 16.2. The number of rotatable bonds is 2. The molecule has 1 aromatic rings. The largest absolute Gasteiger partial charge is 0.338 e. The van der Waals surface area contributed by atoms with Crippen LogP contribution in [0, 0.1) is 5.41 Å². The molecule has 1 spiro atoms. The Morgan fingerprint density at radius 3 is 2.64 bits per heavy atom. The zero-order chi connectivity index (χ0) is 15.9. The summed E-state index contributed by atoms with van der Waals surface area (Å²) in [6.07, 6.45) is 4.41. The van der Waals surface area contributed by atoms with Gasteiger partial charge in [0.05, 0.1) is 22.9 Å². The van der Waals surface area contributed by atoms with E-state index in [1.807, 2.05) is 0 Å². The Hall–Kier alpha value is -2.44. The van der Waals surface area contributed by atoms with Gasteiger partial charge in [0.15, 0.2) is 0 Å². The molecule has 0 atom stereocenters. The van der Waals surface area contributed by atoms with Crippen molar-refractivity contribution in [2.75, 3.05) is 13.1 Å². The minimum atomic E-state index is -0.621. The van der Waals surface area contributed by atoms with Crippen molar-refractivity contribution in [3.05, 3.63) is 24.0 Å². The predicted molar refractivity (Wildman–Crippen MR) is 78.6 cm³/mol. The second-order valence-corrected chi connectivity index (χ2v) is 5.90. The first-order valence-electron chi connectivity index (χ1n) is 7.25. The number of hydrogen-bond donors (Lipinski definition) is 1. The molecule has 0 unspecified atom stereocenters. The van der Waals surface area contributed by atoms with E-state index in [0.29, 0.717) is 37.2 Å². The summed E-state index contributed by atoms with van der Waals surface area (Å²) in [7, 11) is 1.76. The van der Waals surface area contributed by atoms with Gasteiger partial charge in [-0.25, -0.2) is 0 Å². The van der Waals surface area contributed by atoms with Crippen LogP contribution in [-0.4, -0.2) is 45.5 Å². The van der Waals surface area contributed by atoms with Gasteiger partial charge < -0.3 is 4.90 Å². The molecule has 22 heavy (non-hydrogen) atoms. The van der Waals surface area contributed by atoms with Crippen molar-refractivity contribution >= 4 is 23.8 Å². The number of amides is 3. The molecule has 116 valence electrons. The van der Waals surface area contributed by atoms with E-state index in [-0.39, 0.29) is 24.1 Å². The first-order chi connectivity index (χ1) is 10.5. The number of piperidine rings is 1. The average Bonchev–Trinajstić information content (AvgIpc) is 2.99. The highest BCUT2D eigenvalue weighted by molar-refractivity contribution is 6.06. The van der Waals surface area contributed by atoms with Crippen LogP contribution in [0.2, 0.25) is 0 Å². The van der Waals surface area contributed by atoms with Crippen LogP contribution in [-0.2, 0) is 16.6 Å². The molecule has 2 aliphatic heterocycles. The second kappa shape index (κ2) is 5.08. The quantitative estimate of drug-likeness (QED) is 0.798. The van der Waals surface area contributed by atoms with Crippen LogP contribution in [0.3, 0.4) is 0 Å². The van der Waals surface area contributed by atoms with Gasteiger partial charge in [-0.05, 0) is 18.9 Å². The van der Waals surface area contributed by atoms with Crippen molar-refractivity contribution < 1.29 is 14.4 Å². The van der Waals surface area contributed by atoms with Crippen molar-refractivity contribution in [2.24, 2.45) is 12.5 Å². The number of imide groups is 1. The third-order valence-corrected chi connectivity index (χ3v) is 4.65. The maximum absolute atomic E-state index is 12.6. The normalized spacial score (nSPS) is 20.3. The van der Waals surface area contributed by atoms with E-state index in [2.05, 4.69) is 17.0 Å². The van der Waals surface area contributed by atoms with Crippen LogP contribution in [0.1, 0.15) is 35.3 Å². The summed E-state index contributed by atoms with van der Waals surface area (Å²) >= 11 is 0. The van der Waals surface area contributed by atoms with E-state index in [1.54, 1.807) is 22.7 Å². The Morgan fingerprint density at radius 2 is 2.09 bits per heavy atom. The highest BCUT2D eigenvalue weighted by Gasteiger charge is 2.48. The lowest BCUT2D eigenvalue weighted by Gasteiger charge is -2.36. The van der Waals surface area contributed by atoms with E-state index < -0.39 is 5.41 Å². The first kappa shape index (κ1) is 14.5. The molecule has 0 saturated carbocycles. The Kier molecular flexibility index (Phi) is 3.35. The number of carbonyl (C=O) groups excluding carboxylic acids is 3. The molecule has 7 heteroatoms. The van der Waals surface area contributed by atoms with Crippen LogP contribution in [0.4, 0.5) is 0 Å². The Bertz CT molecular complexity index is 668. The lowest BCUT2D eigenvalue weighted by molar-refractivity contribution is -0.130. The SMILES string of the molecule is C=Cc1c(C(=O)N2CCC3(CC2)CC(=O)NC3=O)cnn1C. The van der Waals surface area contributed by atoms with E-state index in [0.717, 1.165) is 0 Å². The summed E-state index contributed by atoms with van der Waals surface area (Å²) in [6, 6.07) is 0. The fourth-order valence-corrected chi connectivity index (χ4v) is 3.26. The smallest absolute Gasteiger partial charge is 0.257 e. The molecular weight excluding hydrogens is 284 g/mol. The van der Waals surface area contributed by atoms with Crippen LogP contribution in [0.25, 0.3) is 6.08 Å². The zero-order valence-electron chi connectivity index (χ0n) is 12.5. The van der Waals surface area contributed by atoms with Crippen LogP contribution < -0.4 is 5.32 Å². The zero-order valence-corrected chi connectivity index (χ0v) is 12.5. The minimum absolute atomic E-state index is 0.109. The van der Waals surface area contributed by atoms with E-state index in [1.165, 1.54) is 6.20 Å². The maximum Gasteiger partial charge on any atom is 0.257 e. The molecule has 1 aromatic heterocycles. The predicted octanol–water partition coefficient (Wildman–Crippen LogP) is 0.332. The third-order valence-electron chi connectivity index (χ3n) is 4.65. The van der Waals surface area contributed by atoms with Gasteiger partial charge in [0, 0.05) is 26.6 Å². The molecule has 2 fully saturated rings. The minimum Gasteiger partial charge on any atom is -0.338 e. The van der Waals surface area contributed by atoms with Crippen LogP contribution in [0.5, 0.6) is 0 Å². The van der Waals surface area contributed by atoms with Crippen LogP contribution >= 0.6 is 0 Å². The summed E-state index contributed by atoms with van der Waals surface area (Å²) in [6.45, 7) is 4.63. The molecule has 2 saturated heterocycles. The molecule has 2 aliphatic rings. The monoisotopic (exact) mass is 302 g/mol. The van der Waals surface area contributed by atoms with Crippen molar-refractivity contribution in [3.63, 3.8) is 0 Å². The van der Waals surface area contributed by atoms with Gasteiger partial charge in [-0.1, -0.05) is 6.58 Å². The molecule has 0 aliphatic carbocycles. The molecule has 0 bridgehead atoms. The van der Waals surface area contributed by atoms with Gasteiger partial charge in [-0.3, -0.25) is 24.4 Å². The lowest BCUT2D eigenvalue weighted by Crippen LogP contribution is -2.46. The number of carbonyl (C=O) groups is 3. The second-order valence-electron chi connectivity index (χ2n) is 5.90. The summed E-state index contributed by atoms with van der Waals surface area (Å²) < 4.78 is 1.61. The number of aryl methyl sites for hydroxylation is 1. The Morgan fingerprint density at radius 1 is 1.41 bits per heavy atom. The molecular formula is C15H18N4O3. The van der Waals surface area contributed by atoms with E-state index in [9.17, 15) is 14.4 Å². The fraction of sp³-hybridized carbons (Fsp3) is 0.467. The number of hydrogen-bond acceptors (Lipinski definition) is 4. The lowest BCUT2D eigenvalue weighted by atomic mass is 9.77. The molecule has 0 radical (unpaired) electrons. The standard InChI is InChI=1S/C15H18N4O3/c1-3-11-10(9-16-18(11)2)13(21)19-6-4-15(5-7-19)8-12(20)17-14(15)22/h3,9H,1,4-8H2,2H3,(H,17,20,22). The van der Waals surface area contributed by atoms with Crippen molar-refractivity contribution in [1.29, 1.82) is 0 Å². The van der Waals surface area contributed by atoms with Crippen molar-refractivity contribution in [3.8, 4) is 0 Å². The van der Waals surface area contributed by atoms with Gasteiger partial charge >= 0.3 is 0 Å². The number of nitrogens with zero attached hydrogens (tertiary/aromatic N) is 3. The summed E-state index contributed by atoms with van der Waals surface area (Å²) in [5.74, 6) is -0.522. The number of nitrogens with one attached hydrogen (secondary N) is 1. The molecule has 3 amide bonds. The summed E-state index contributed by atoms with van der Waals surface area (Å²) in [4.78, 5) is 37.7. The van der Waals surface area contributed by atoms with Crippen molar-refractivity contribution in [1.82, 2.24) is 20.0 Å². The van der Waals surface area contributed by atoms with Gasteiger partial charge in [-0.15, -0.1) is 0 Å². The summed E-state index contributed by atoms with van der Waals surface area (Å²) in [5, 5.41) is 6.45. The topological polar surface area (TPSA) is 84.3 Å². The highest BCUT2D eigenvalue weighted by Crippen LogP contribution is 2.38. The van der Waals surface area contributed by atoms with Gasteiger partial charge in [0.1, 0.15) is 0 Å². The molecule has 0 aromatic carbocycles.